The van der Waals surface area contributed by atoms with Crippen molar-refractivity contribution in [1.29, 1.82) is 0 Å². The van der Waals surface area contributed by atoms with Crippen molar-refractivity contribution in [2.24, 2.45) is 0 Å². The highest BCUT2D eigenvalue weighted by Crippen LogP contribution is 2.14. The first kappa shape index (κ1) is 9.89. The average molecular weight is 186 g/mol. The van der Waals surface area contributed by atoms with Crippen LogP contribution in [-0.2, 0) is 6.42 Å². The van der Waals surface area contributed by atoms with E-state index in [0.29, 0.717) is 6.42 Å². The molecule has 0 atom stereocenters. The lowest BCUT2D eigenvalue weighted by Crippen LogP contribution is -2.09. The normalized spacial score (nSPS) is 10.5. The van der Waals surface area contributed by atoms with E-state index >= 15 is 0 Å². The first-order chi connectivity index (χ1) is 6.24. The van der Waals surface area contributed by atoms with Crippen molar-refractivity contribution in [3.05, 3.63) is 23.9 Å². The molecular weight excluding hydrogens is 176 g/mol. The highest BCUT2D eigenvalue weighted by atomic mass is 19.3. The SMILES string of the molecule is CCc1c[c]cnc1OCC(F)F. The lowest BCUT2D eigenvalue weighted by atomic mass is 10.2. The van der Waals surface area contributed by atoms with Crippen LogP contribution in [0.1, 0.15) is 12.5 Å². The summed E-state index contributed by atoms with van der Waals surface area (Å²) >= 11 is 0. The molecule has 0 saturated heterocycles. The Labute approximate surface area is 75.6 Å². The van der Waals surface area contributed by atoms with Gasteiger partial charge in [0.25, 0.3) is 6.43 Å². The zero-order valence-corrected chi connectivity index (χ0v) is 7.26. The Bertz CT molecular complexity index is 266. The van der Waals surface area contributed by atoms with E-state index in [-0.39, 0.29) is 5.88 Å². The lowest BCUT2D eigenvalue weighted by molar-refractivity contribution is 0.0791. The largest absolute Gasteiger partial charge is 0.471 e. The van der Waals surface area contributed by atoms with Crippen LogP contribution in [0.25, 0.3) is 0 Å². The molecule has 71 valence electrons. The Morgan fingerprint density at radius 2 is 2.38 bits per heavy atom. The summed E-state index contributed by atoms with van der Waals surface area (Å²) < 4.78 is 28.4. The fourth-order valence-corrected chi connectivity index (χ4v) is 0.904. The molecule has 4 heteroatoms. The van der Waals surface area contributed by atoms with E-state index in [0.717, 1.165) is 5.56 Å². The summed E-state index contributed by atoms with van der Waals surface area (Å²) in [5, 5.41) is 0. The number of pyridine rings is 1. The molecule has 1 rings (SSSR count). The Kier molecular flexibility index (Phi) is 3.61. The zero-order chi connectivity index (χ0) is 9.68. The van der Waals surface area contributed by atoms with E-state index in [4.69, 9.17) is 4.74 Å². The maximum absolute atomic E-state index is 11.8. The monoisotopic (exact) mass is 186 g/mol. The van der Waals surface area contributed by atoms with E-state index in [9.17, 15) is 8.78 Å². The van der Waals surface area contributed by atoms with Crippen molar-refractivity contribution in [1.82, 2.24) is 4.98 Å². The molecular formula is C9H10F2NO. The van der Waals surface area contributed by atoms with E-state index in [1.54, 1.807) is 6.07 Å². The first-order valence-electron chi connectivity index (χ1n) is 4.00. The molecule has 0 aliphatic heterocycles. The maximum Gasteiger partial charge on any atom is 0.272 e. The van der Waals surface area contributed by atoms with Crippen molar-refractivity contribution in [3.63, 3.8) is 0 Å². The van der Waals surface area contributed by atoms with Crippen LogP contribution in [0.4, 0.5) is 8.78 Å². The van der Waals surface area contributed by atoms with Crippen molar-refractivity contribution < 1.29 is 13.5 Å². The Morgan fingerprint density at radius 1 is 1.62 bits per heavy atom. The van der Waals surface area contributed by atoms with Gasteiger partial charge in [0.2, 0.25) is 5.88 Å². The second-order valence-electron chi connectivity index (χ2n) is 2.46. The molecule has 0 aliphatic carbocycles. The van der Waals surface area contributed by atoms with Gasteiger partial charge in [-0.3, -0.25) is 0 Å². The van der Waals surface area contributed by atoms with Crippen molar-refractivity contribution in [3.8, 4) is 5.88 Å². The van der Waals surface area contributed by atoms with Crippen LogP contribution < -0.4 is 4.74 Å². The van der Waals surface area contributed by atoms with E-state index in [1.165, 1.54) is 6.20 Å². The first-order valence-corrected chi connectivity index (χ1v) is 4.00. The van der Waals surface area contributed by atoms with Gasteiger partial charge in [0.05, 0.1) is 0 Å². The van der Waals surface area contributed by atoms with Crippen molar-refractivity contribution in [2.45, 2.75) is 19.8 Å². The minimum absolute atomic E-state index is 0.279. The predicted octanol–water partition coefficient (Wildman–Crippen LogP) is 2.09. The van der Waals surface area contributed by atoms with Gasteiger partial charge in [0.15, 0.2) is 6.61 Å². The summed E-state index contributed by atoms with van der Waals surface area (Å²) in [4.78, 5) is 3.81. The molecule has 0 N–H and O–H groups in total. The Hall–Kier alpha value is -1.19. The minimum atomic E-state index is -2.46. The number of aromatic nitrogens is 1. The summed E-state index contributed by atoms with van der Waals surface area (Å²) in [5.41, 5.74) is 0.795. The van der Waals surface area contributed by atoms with Gasteiger partial charge in [0, 0.05) is 17.8 Å². The quantitative estimate of drug-likeness (QED) is 0.718. The number of alkyl halides is 2. The van der Waals surface area contributed by atoms with E-state index in [1.807, 2.05) is 6.92 Å². The van der Waals surface area contributed by atoms with Crippen LogP contribution in [0.5, 0.6) is 5.88 Å². The van der Waals surface area contributed by atoms with Crippen LogP contribution in [-0.4, -0.2) is 18.0 Å². The molecule has 0 fully saturated rings. The molecule has 0 saturated carbocycles. The van der Waals surface area contributed by atoms with Gasteiger partial charge in [-0.05, 0) is 12.5 Å². The molecule has 0 bridgehead atoms. The Morgan fingerprint density at radius 3 is 3.00 bits per heavy atom. The second kappa shape index (κ2) is 4.74. The minimum Gasteiger partial charge on any atom is -0.471 e. The topological polar surface area (TPSA) is 22.1 Å². The van der Waals surface area contributed by atoms with Crippen molar-refractivity contribution in [2.75, 3.05) is 6.61 Å². The third-order valence-electron chi connectivity index (χ3n) is 1.52. The van der Waals surface area contributed by atoms with Crippen LogP contribution in [0, 0.1) is 6.07 Å². The highest BCUT2D eigenvalue weighted by molar-refractivity contribution is 5.24. The fraction of sp³-hybridized carbons (Fsp3) is 0.444. The molecule has 0 aromatic carbocycles. The molecule has 1 heterocycles. The fourth-order valence-electron chi connectivity index (χ4n) is 0.904. The Balaban J connectivity index is 2.64. The van der Waals surface area contributed by atoms with Gasteiger partial charge < -0.3 is 4.74 Å². The van der Waals surface area contributed by atoms with Gasteiger partial charge >= 0.3 is 0 Å². The zero-order valence-electron chi connectivity index (χ0n) is 7.26. The second-order valence-corrected chi connectivity index (χ2v) is 2.46. The molecule has 0 unspecified atom stereocenters. The standard InChI is InChI=1S/C9H10F2NO/c1-2-7-4-3-5-12-9(7)13-6-8(10)11/h4-5,8H,2,6H2,1H3. The summed E-state index contributed by atoms with van der Waals surface area (Å²) in [6.45, 7) is 1.30. The molecule has 1 aromatic heterocycles. The summed E-state index contributed by atoms with van der Waals surface area (Å²) in [6.07, 6.45) is -0.362. The van der Waals surface area contributed by atoms with Gasteiger partial charge in [-0.25, -0.2) is 13.8 Å². The van der Waals surface area contributed by atoms with Gasteiger partial charge in [0.1, 0.15) is 0 Å². The molecule has 0 aliphatic rings. The number of hydrogen-bond acceptors (Lipinski definition) is 2. The smallest absolute Gasteiger partial charge is 0.272 e. The summed E-state index contributed by atoms with van der Waals surface area (Å²) in [5.74, 6) is 0.279. The number of hydrogen-bond donors (Lipinski definition) is 0. The number of ether oxygens (including phenoxy) is 1. The number of rotatable bonds is 4. The number of halogens is 2. The highest BCUT2D eigenvalue weighted by Gasteiger charge is 2.06. The van der Waals surface area contributed by atoms with Gasteiger partial charge in [-0.2, -0.15) is 0 Å². The van der Waals surface area contributed by atoms with Crippen molar-refractivity contribution >= 4 is 0 Å². The van der Waals surface area contributed by atoms with E-state index < -0.39 is 13.0 Å². The number of nitrogens with zero attached hydrogens (tertiary/aromatic N) is 1. The van der Waals surface area contributed by atoms with Crippen LogP contribution in [0.2, 0.25) is 0 Å². The third kappa shape index (κ3) is 2.97. The molecule has 0 spiro atoms. The molecule has 13 heavy (non-hydrogen) atoms. The predicted molar refractivity (Wildman–Crippen MR) is 44.0 cm³/mol. The van der Waals surface area contributed by atoms with Crippen LogP contribution in [0.3, 0.4) is 0 Å². The third-order valence-corrected chi connectivity index (χ3v) is 1.52. The number of aryl methyl sites for hydroxylation is 1. The summed E-state index contributed by atoms with van der Waals surface area (Å²) in [7, 11) is 0. The van der Waals surface area contributed by atoms with Crippen LogP contribution >= 0.6 is 0 Å². The lowest BCUT2D eigenvalue weighted by Gasteiger charge is -2.07. The molecule has 1 radical (unpaired) electrons. The van der Waals surface area contributed by atoms with Crippen LogP contribution in [0.15, 0.2) is 12.3 Å². The molecule has 0 amide bonds. The molecule has 1 aromatic rings. The van der Waals surface area contributed by atoms with E-state index in [2.05, 4.69) is 11.1 Å². The van der Waals surface area contributed by atoms with Gasteiger partial charge in [-0.15, -0.1) is 0 Å². The maximum atomic E-state index is 11.8. The molecule has 2 nitrogen and oxygen atoms in total. The van der Waals surface area contributed by atoms with Gasteiger partial charge in [-0.1, -0.05) is 6.92 Å². The average Bonchev–Trinajstić information content (AvgIpc) is 2.15. The summed E-state index contributed by atoms with van der Waals surface area (Å²) in [6, 6.07) is 4.45.